The maximum Gasteiger partial charge on any atom is 0.321 e. The first-order valence-corrected chi connectivity index (χ1v) is 6.96. The van der Waals surface area contributed by atoms with Gasteiger partial charge in [-0.1, -0.05) is 6.92 Å². The first-order valence-electron chi connectivity index (χ1n) is 6.17. The van der Waals surface area contributed by atoms with E-state index >= 15 is 0 Å². The lowest BCUT2D eigenvalue weighted by molar-refractivity contribution is 0.186. The highest BCUT2D eigenvalue weighted by Gasteiger charge is 2.20. The third kappa shape index (κ3) is 3.16. The zero-order valence-corrected chi connectivity index (χ0v) is 12.0. The van der Waals surface area contributed by atoms with E-state index in [0.29, 0.717) is 5.69 Å². The average Bonchev–Trinajstić information content (AvgIpc) is 2.34. The highest BCUT2D eigenvalue weighted by atomic mass is 79.9. The normalized spacial score (nSPS) is 16.7. The Morgan fingerprint density at radius 1 is 1.44 bits per heavy atom. The van der Waals surface area contributed by atoms with Crippen molar-refractivity contribution in [2.45, 2.75) is 19.8 Å². The number of hydrogen-bond acceptors (Lipinski definition) is 2. The Kier molecular flexibility index (Phi) is 4.11. The van der Waals surface area contributed by atoms with Crippen LogP contribution in [0.2, 0.25) is 0 Å². The van der Waals surface area contributed by atoms with Gasteiger partial charge in [-0.05, 0) is 52.9 Å². The fraction of sp³-hybridized carbons (Fsp3) is 0.462. The fourth-order valence-corrected chi connectivity index (χ4v) is 2.40. The quantitative estimate of drug-likeness (QED) is 0.782. The second-order valence-corrected chi connectivity index (χ2v) is 5.69. The number of halogens is 1. The summed E-state index contributed by atoms with van der Waals surface area (Å²) in [4.78, 5) is 13.9. The molecule has 0 bridgehead atoms. The minimum atomic E-state index is -0.0291. The fourth-order valence-electron chi connectivity index (χ4n) is 2.02. The molecule has 2 amide bonds. The first kappa shape index (κ1) is 13.2. The SMILES string of the molecule is CC1CCN(C(=O)Nc2ccc(N)c(Br)c2)CC1. The summed E-state index contributed by atoms with van der Waals surface area (Å²) in [6.07, 6.45) is 2.16. The largest absolute Gasteiger partial charge is 0.398 e. The van der Waals surface area contributed by atoms with Crippen LogP contribution in [0.5, 0.6) is 0 Å². The summed E-state index contributed by atoms with van der Waals surface area (Å²) in [7, 11) is 0. The van der Waals surface area contributed by atoms with Crippen molar-refractivity contribution in [3.63, 3.8) is 0 Å². The number of nitrogens with two attached hydrogens (primary N) is 1. The summed E-state index contributed by atoms with van der Waals surface area (Å²) >= 11 is 3.35. The van der Waals surface area contributed by atoms with E-state index < -0.39 is 0 Å². The molecule has 98 valence electrons. The minimum absolute atomic E-state index is 0.0291. The Balaban J connectivity index is 1.96. The monoisotopic (exact) mass is 311 g/mol. The lowest BCUT2D eigenvalue weighted by atomic mass is 10.00. The predicted molar refractivity (Wildman–Crippen MR) is 77.5 cm³/mol. The Morgan fingerprint density at radius 2 is 2.11 bits per heavy atom. The Hall–Kier alpha value is -1.23. The number of carbonyl (C=O) groups is 1. The number of nitrogen functional groups attached to an aromatic ring is 1. The molecule has 1 aromatic carbocycles. The number of carbonyl (C=O) groups excluding carboxylic acids is 1. The van der Waals surface area contributed by atoms with E-state index in [1.807, 2.05) is 17.0 Å². The Morgan fingerprint density at radius 3 is 2.72 bits per heavy atom. The van der Waals surface area contributed by atoms with Crippen molar-refractivity contribution in [3.8, 4) is 0 Å². The van der Waals surface area contributed by atoms with Crippen molar-refractivity contribution < 1.29 is 4.79 Å². The number of piperidine rings is 1. The molecule has 3 N–H and O–H groups in total. The second kappa shape index (κ2) is 5.61. The molecule has 0 saturated carbocycles. The van der Waals surface area contributed by atoms with Crippen LogP contribution >= 0.6 is 15.9 Å². The number of nitrogens with zero attached hydrogens (tertiary/aromatic N) is 1. The lowest BCUT2D eigenvalue weighted by Crippen LogP contribution is -2.40. The lowest BCUT2D eigenvalue weighted by Gasteiger charge is -2.30. The Labute approximate surface area is 116 Å². The van der Waals surface area contributed by atoms with Gasteiger partial charge in [-0.2, -0.15) is 0 Å². The first-order chi connectivity index (χ1) is 8.56. The molecule has 0 aromatic heterocycles. The van der Waals surface area contributed by atoms with Crippen LogP contribution in [-0.4, -0.2) is 24.0 Å². The molecule has 1 aliphatic rings. The molecular formula is C13H18BrN3O. The third-order valence-corrected chi connectivity index (χ3v) is 4.01. The summed E-state index contributed by atoms with van der Waals surface area (Å²) in [6, 6.07) is 5.38. The summed E-state index contributed by atoms with van der Waals surface area (Å²) in [6.45, 7) is 3.90. The van der Waals surface area contributed by atoms with Crippen LogP contribution in [0.1, 0.15) is 19.8 Å². The number of amides is 2. The highest BCUT2D eigenvalue weighted by Crippen LogP contribution is 2.24. The predicted octanol–water partition coefficient (Wildman–Crippen LogP) is 3.30. The van der Waals surface area contributed by atoms with Gasteiger partial charge >= 0.3 is 6.03 Å². The van der Waals surface area contributed by atoms with Crippen molar-refractivity contribution in [3.05, 3.63) is 22.7 Å². The molecule has 1 fully saturated rings. The van der Waals surface area contributed by atoms with Crippen LogP contribution < -0.4 is 11.1 Å². The van der Waals surface area contributed by atoms with Crippen LogP contribution in [-0.2, 0) is 0 Å². The van der Waals surface area contributed by atoms with Gasteiger partial charge in [0.25, 0.3) is 0 Å². The zero-order chi connectivity index (χ0) is 13.1. The average molecular weight is 312 g/mol. The van der Waals surface area contributed by atoms with Gasteiger partial charge in [0, 0.05) is 28.9 Å². The van der Waals surface area contributed by atoms with E-state index in [9.17, 15) is 4.79 Å². The smallest absolute Gasteiger partial charge is 0.321 e. The van der Waals surface area contributed by atoms with Crippen LogP contribution in [0.4, 0.5) is 16.2 Å². The van der Waals surface area contributed by atoms with Crippen molar-refractivity contribution in [1.29, 1.82) is 0 Å². The van der Waals surface area contributed by atoms with Crippen LogP contribution in [0, 0.1) is 5.92 Å². The van der Waals surface area contributed by atoms with Crippen molar-refractivity contribution in [1.82, 2.24) is 4.90 Å². The van der Waals surface area contributed by atoms with Crippen molar-refractivity contribution in [2.75, 3.05) is 24.1 Å². The molecule has 1 aromatic rings. The molecule has 1 aliphatic heterocycles. The molecule has 0 unspecified atom stereocenters. The molecule has 1 heterocycles. The van der Waals surface area contributed by atoms with E-state index in [-0.39, 0.29) is 6.03 Å². The van der Waals surface area contributed by atoms with Gasteiger partial charge in [-0.15, -0.1) is 0 Å². The van der Waals surface area contributed by atoms with Crippen LogP contribution in [0.25, 0.3) is 0 Å². The van der Waals surface area contributed by atoms with Crippen molar-refractivity contribution in [2.24, 2.45) is 5.92 Å². The molecular weight excluding hydrogens is 294 g/mol. The van der Waals surface area contributed by atoms with Gasteiger partial charge in [-0.25, -0.2) is 4.79 Å². The third-order valence-electron chi connectivity index (χ3n) is 3.32. The molecule has 2 rings (SSSR count). The Bertz CT molecular complexity index is 442. The van der Waals surface area contributed by atoms with E-state index in [0.717, 1.165) is 42.0 Å². The number of rotatable bonds is 1. The number of hydrogen-bond donors (Lipinski definition) is 2. The highest BCUT2D eigenvalue weighted by molar-refractivity contribution is 9.10. The zero-order valence-electron chi connectivity index (χ0n) is 10.4. The number of benzene rings is 1. The molecule has 0 spiro atoms. The maximum atomic E-state index is 12.0. The molecule has 0 aliphatic carbocycles. The summed E-state index contributed by atoms with van der Waals surface area (Å²) in [5, 5.41) is 2.90. The number of urea groups is 1. The van der Waals surface area contributed by atoms with E-state index in [4.69, 9.17) is 5.73 Å². The summed E-state index contributed by atoms with van der Waals surface area (Å²) in [5.41, 5.74) is 7.14. The van der Waals surface area contributed by atoms with E-state index in [2.05, 4.69) is 28.2 Å². The number of anilines is 2. The molecule has 0 atom stereocenters. The van der Waals surface area contributed by atoms with Gasteiger partial charge in [0.05, 0.1) is 0 Å². The van der Waals surface area contributed by atoms with Crippen molar-refractivity contribution >= 4 is 33.3 Å². The van der Waals surface area contributed by atoms with E-state index in [1.165, 1.54) is 0 Å². The topological polar surface area (TPSA) is 58.4 Å². The van der Waals surface area contributed by atoms with Gasteiger partial charge in [0.15, 0.2) is 0 Å². The van der Waals surface area contributed by atoms with Crippen LogP contribution in [0.3, 0.4) is 0 Å². The maximum absolute atomic E-state index is 12.0. The number of nitrogens with one attached hydrogen (secondary N) is 1. The molecule has 5 heteroatoms. The van der Waals surface area contributed by atoms with Gasteiger partial charge < -0.3 is 16.0 Å². The second-order valence-electron chi connectivity index (χ2n) is 4.84. The molecule has 4 nitrogen and oxygen atoms in total. The van der Waals surface area contributed by atoms with E-state index in [1.54, 1.807) is 6.07 Å². The summed E-state index contributed by atoms with van der Waals surface area (Å²) < 4.78 is 0.799. The van der Waals surface area contributed by atoms with Gasteiger partial charge in [0.1, 0.15) is 0 Å². The standard InChI is InChI=1S/C13H18BrN3O/c1-9-4-6-17(7-5-9)13(18)16-10-2-3-12(15)11(14)8-10/h2-3,8-9H,4-7,15H2,1H3,(H,16,18). The van der Waals surface area contributed by atoms with Gasteiger partial charge in [-0.3, -0.25) is 0 Å². The van der Waals surface area contributed by atoms with Crippen LogP contribution in [0.15, 0.2) is 22.7 Å². The van der Waals surface area contributed by atoms with Gasteiger partial charge in [0.2, 0.25) is 0 Å². The molecule has 0 radical (unpaired) electrons. The summed E-state index contributed by atoms with van der Waals surface area (Å²) in [5.74, 6) is 0.722. The molecule has 18 heavy (non-hydrogen) atoms. The minimum Gasteiger partial charge on any atom is -0.398 e. The molecule has 1 saturated heterocycles. The number of likely N-dealkylation sites (tertiary alicyclic amines) is 1.